The van der Waals surface area contributed by atoms with E-state index >= 15 is 0 Å². The topological polar surface area (TPSA) is 94.3 Å². The second-order valence-corrected chi connectivity index (χ2v) is 11.4. The normalized spacial score (nSPS) is 22.8. The van der Waals surface area contributed by atoms with Gasteiger partial charge in [-0.1, -0.05) is 60.7 Å². The van der Waals surface area contributed by atoms with Crippen LogP contribution in [0.5, 0.6) is 0 Å². The van der Waals surface area contributed by atoms with Crippen molar-refractivity contribution in [3.05, 3.63) is 107 Å². The molecule has 0 bridgehead atoms. The monoisotopic (exact) mass is 550 g/mol. The predicted octanol–water partition coefficient (Wildman–Crippen LogP) is 4.05. The summed E-state index contributed by atoms with van der Waals surface area (Å²) >= 11 is 0. The number of piperidine rings is 1. The number of hydrogen-bond acceptors (Lipinski definition) is 7. The fourth-order valence-electron chi connectivity index (χ4n) is 6.54. The smallest absolute Gasteiger partial charge is 0.234 e. The van der Waals surface area contributed by atoms with Crippen LogP contribution in [0, 0.1) is 0 Å². The number of aldehydes is 1. The van der Waals surface area contributed by atoms with Gasteiger partial charge in [0.2, 0.25) is 5.91 Å². The Kier molecular flexibility index (Phi) is 7.71. The van der Waals surface area contributed by atoms with E-state index in [1.165, 1.54) is 16.8 Å². The summed E-state index contributed by atoms with van der Waals surface area (Å²) in [5, 5.41) is 2.18. The number of nitrogens with two attached hydrogens (primary N) is 1. The average Bonchev–Trinajstić information content (AvgIpc) is 3.57. The Hall–Kier alpha value is -3.85. The number of allylic oxidation sites excluding steroid dienone is 1. The Morgan fingerprint density at radius 2 is 1.95 bits per heavy atom. The van der Waals surface area contributed by atoms with E-state index < -0.39 is 6.04 Å². The van der Waals surface area contributed by atoms with Crippen molar-refractivity contribution in [3.63, 3.8) is 0 Å². The summed E-state index contributed by atoms with van der Waals surface area (Å²) in [7, 11) is 1.89. The summed E-state index contributed by atoms with van der Waals surface area (Å²) in [6, 6.07) is 16.5. The molecule has 8 nitrogen and oxygen atoms in total. The maximum atomic E-state index is 12.1. The Balaban J connectivity index is 1.08. The maximum Gasteiger partial charge on any atom is 0.234 e. The molecule has 3 heterocycles. The standard InChI is InChI=1S/C33H38N6O2/c1-3-4-10-28(32(34)41)37(2)20-26-19-24(11-12-25(26)21-40)22-15-17-38(18-16-22)30-27-13-14-29-35-33(36-39(29)31(27)30)23-8-6-5-7-9-23/h3,5-9,11-14,19,21-22,28,30,33,36H,1,4,10,15-18,20H2,2H3,(H2,34,41). The van der Waals surface area contributed by atoms with E-state index in [9.17, 15) is 9.59 Å². The highest BCUT2D eigenvalue weighted by atomic mass is 16.1. The number of amides is 1. The minimum absolute atomic E-state index is 0.0579. The second kappa shape index (κ2) is 11.6. The summed E-state index contributed by atoms with van der Waals surface area (Å²) in [6.07, 6.45) is 10.4. The van der Waals surface area contributed by atoms with Gasteiger partial charge in [-0.25, -0.2) is 4.99 Å². The van der Waals surface area contributed by atoms with Gasteiger partial charge in [0.25, 0.3) is 0 Å². The van der Waals surface area contributed by atoms with Crippen molar-refractivity contribution in [1.82, 2.24) is 20.2 Å². The number of aliphatic imine (C=N–C) groups is 1. The molecule has 1 aliphatic carbocycles. The number of hydrazine groups is 1. The van der Waals surface area contributed by atoms with Crippen molar-refractivity contribution in [2.45, 2.75) is 56.4 Å². The fourth-order valence-corrected chi connectivity index (χ4v) is 6.54. The van der Waals surface area contributed by atoms with Crippen molar-refractivity contribution in [2.75, 3.05) is 20.1 Å². The van der Waals surface area contributed by atoms with Gasteiger partial charge >= 0.3 is 0 Å². The molecular formula is C33H38N6O2. The van der Waals surface area contributed by atoms with Gasteiger partial charge in [0, 0.05) is 12.1 Å². The number of primary amides is 1. The van der Waals surface area contributed by atoms with Crippen LogP contribution in [0.1, 0.15) is 64.8 Å². The van der Waals surface area contributed by atoms with E-state index in [0.717, 1.165) is 49.2 Å². The molecule has 3 atom stereocenters. The molecule has 0 saturated carbocycles. The molecule has 2 aromatic rings. The quantitative estimate of drug-likeness (QED) is 0.324. The van der Waals surface area contributed by atoms with Gasteiger partial charge < -0.3 is 5.73 Å². The maximum absolute atomic E-state index is 12.1. The number of benzene rings is 2. The SMILES string of the molecule is C=CCCC(C(N)=O)N(C)Cc1cc(C2CCN(C3C4=C3N3NC(c5ccccc5)N=C3C=C4)CC2)ccc1C=O. The predicted molar refractivity (Wildman–Crippen MR) is 161 cm³/mol. The highest BCUT2D eigenvalue weighted by molar-refractivity contribution is 5.99. The first-order valence-corrected chi connectivity index (χ1v) is 14.5. The number of hydrogen-bond donors (Lipinski definition) is 2. The highest BCUT2D eigenvalue weighted by Crippen LogP contribution is 2.46. The van der Waals surface area contributed by atoms with E-state index in [1.54, 1.807) is 6.08 Å². The lowest BCUT2D eigenvalue weighted by Gasteiger charge is -2.34. The van der Waals surface area contributed by atoms with Crippen LogP contribution in [0.3, 0.4) is 0 Å². The number of rotatable bonds is 11. The molecule has 0 radical (unpaired) electrons. The number of carbonyl (C=O) groups excluding carboxylic acids is 2. The van der Waals surface area contributed by atoms with Gasteiger partial charge in [-0.2, -0.15) is 5.43 Å². The molecule has 2 aromatic carbocycles. The lowest BCUT2D eigenvalue weighted by Crippen LogP contribution is -2.42. The Morgan fingerprint density at radius 3 is 2.66 bits per heavy atom. The number of carbonyl (C=O) groups is 2. The van der Waals surface area contributed by atoms with Crippen LogP contribution >= 0.6 is 0 Å². The average molecular weight is 551 g/mol. The van der Waals surface area contributed by atoms with E-state index in [1.807, 2.05) is 24.1 Å². The molecular weight excluding hydrogens is 512 g/mol. The van der Waals surface area contributed by atoms with Crippen molar-refractivity contribution >= 4 is 18.0 Å². The summed E-state index contributed by atoms with van der Waals surface area (Å²) in [5.74, 6) is 1.06. The van der Waals surface area contributed by atoms with Gasteiger partial charge in [-0.3, -0.25) is 24.4 Å². The Labute approximate surface area is 241 Å². The van der Waals surface area contributed by atoms with Crippen molar-refractivity contribution in [1.29, 1.82) is 0 Å². The van der Waals surface area contributed by atoms with Crippen LogP contribution in [0.4, 0.5) is 0 Å². The lowest BCUT2D eigenvalue weighted by atomic mass is 9.87. The summed E-state index contributed by atoms with van der Waals surface area (Å²) in [6.45, 7) is 6.27. The van der Waals surface area contributed by atoms with Crippen LogP contribution in [0.2, 0.25) is 0 Å². The highest BCUT2D eigenvalue weighted by Gasteiger charge is 2.49. The zero-order valence-corrected chi connectivity index (χ0v) is 23.6. The molecule has 41 heavy (non-hydrogen) atoms. The van der Waals surface area contributed by atoms with E-state index in [0.29, 0.717) is 36.9 Å². The van der Waals surface area contributed by atoms with Crippen LogP contribution in [0.25, 0.3) is 0 Å². The van der Waals surface area contributed by atoms with Crippen molar-refractivity contribution < 1.29 is 9.59 Å². The van der Waals surface area contributed by atoms with Gasteiger partial charge in [-0.05, 0) is 80.1 Å². The third-order valence-electron chi connectivity index (χ3n) is 8.86. The summed E-state index contributed by atoms with van der Waals surface area (Å²) in [4.78, 5) is 33.4. The molecule has 3 N–H and O–H groups in total. The first kappa shape index (κ1) is 27.3. The molecule has 8 heteroatoms. The number of nitrogens with one attached hydrogen (secondary N) is 1. The van der Waals surface area contributed by atoms with Gasteiger partial charge in [0.15, 0.2) is 0 Å². The second-order valence-electron chi connectivity index (χ2n) is 11.4. The molecule has 3 aliphatic heterocycles. The number of likely N-dealkylation sites (tertiary alicyclic amines) is 1. The van der Waals surface area contributed by atoms with Crippen molar-refractivity contribution in [2.24, 2.45) is 10.7 Å². The molecule has 6 rings (SSSR count). The third-order valence-corrected chi connectivity index (χ3v) is 8.86. The van der Waals surface area contributed by atoms with E-state index in [4.69, 9.17) is 10.7 Å². The van der Waals surface area contributed by atoms with Crippen molar-refractivity contribution in [3.8, 4) is 0 Å². The van der Waals surface area contributed by atoms with E-state index in [-0.39, 0.29) is 12.1 Å². The van der Waals surface area contributed by atoms with Crippen LogP contribution in [-0.2, 0) is 11.3 Å². The minimum atomic E-state index is -0.399. The number of likely N-dealkylation sites (N-methyl/N-ethyl adjacent to an activating group) is 1. The molecule has 212 valence electrons. The zero-order chi connectivity index (χ0) is 28.5. The van der Waals surface area contributed by atoms with Crippen LogP contribution in [0.15, 0.2) is 89.6 Å². The first-order chi connectivity index (χ1) is 20.0. The van der Waals surface area contributed by atoms with Gasteiger partial charge in [0.05, 0.1) is 17.8 Å². The molecule has 0 spiro atoms. The zero-order valence-electron chi connectivity index (χ0n) is 23.6. The molecule has 0 aromatic heterocycles. The summed E-state index contributed by atoms with van der Waals surface area (Å²) in [5.41, 5.74) is 16.0. The van der Waals surface area contributed by atoms with Gasteiger partial charge in [0.1, 0.15) is 18.3 Å². The minimum Gasteiger partial charge on any atom is -0.368 e. The molecule has 1 fully saturated rings. The Bertz CT molecular complexity index is 1420. The summed E-state index contributed by atoms with van der Waals surface area (Å²) < 4.78 is 0. The number of amidine groups is 1. The lowest BCUT2D eigenvalue weighted by molar-refractivity contribution is -0.123. The number of fused-ring (bicyclic) bond motifs is 2. The molecule has 1 saturated heterocycles. The third kappa shape index (κ3) is 5.43. The van der Waals surface area contributed by atoms with Crippen LogP contribution in [-0.4, -0.2) is 65.1 Å². The molecule has 3 unspecified atom stereocenters. The number of nitrogens with zero attached hydrogens (tertiary/aromatic N) is 4. The Morgan fingerprint density at radius 1 is 1.17 bits per heavy atom. The molecule has 4 aliphatic rings. The van der Waals surface area contributed by atoms with E-state index in [2.05, 4.69) is 70.5 Å². The van der Waals surface area contributed by atoms with Crippen LogP contribution < -0.4 is 11.2 Å². The largest absolute Gasteiger partial charge is 0.368 e. The molecule has 1 amide bonds. The fraction of sp³-hybridized carbons (Fsp3) is 0.364. The first-order valence-electron chi connectivity index (χ1n) is 14.5. The van der Waals surface area contributed by atoms with Gasteiger partial charge in [-0.15, -0.1) is 6.58 Å².